The summed E-state index contributed by atoms with van der Waals surface area (Å²) in [5, 5.41) is 8.25. The van der Waals surface area contributed by atoms with E-state index in [1.165, 1.54) is 16.5 Å². The molecule has 0 unspecified atom stereocenters. The molecule has 0 bridgehead atoms. The minimum absolute atomic E-state index is 0.368. The molecule has 1 aromatic heterocycles. The Bertz CT molecular complexity index is 976. The zero-order valence-electron chi connectivity index (χ0n) is 16.6. The lowest BCUT2D eigenvalue weighted by Gasteiger charge is -2.19. The van der Waals surface area contributed by atoms with Crippen LogP contribution in [-0.2, 0) is 0 Å². The topological polar surface area (TPSA) is 37.0 Å². The number of nitrogens with one attached hydrogen (secondary N) is 2. The second-order valence-electron chi connectivity index (χ2n) is 7.25. The van der Waals surface area contributed by atoms with Crippen molar-refractivity contribution in [2.75, 3.05) is 25.0 Å². The summed E-state index contributed by atoms with van der Waals surface area (Å²) in [5.74, 6) is 1.31. The lowest BCUT2D eigenvalue weighted by molar-refractivity contribution is 0.620. The molecule has 29 heavy (non-hydrogen) atoms. The molecular weight excluding hydrogens is 354 g/mol. The summed E-state index contributed by atoms with van der Waals surface area (Å²) in [5.41, 5.74) is 3.73. The van der Waals surface area contributed by atoms with Crippen molar-refractivity contribution in [3.05, 3.63) is 108 Å². The Morgan fingerprint density at radius 3 is 2.03 bits per heavy atom. The number of rotatable bonds is 9. The first-order valence-corrected chi connectivity index (χ1v) is 10.3. The molecule has 0 amide bonds. The Hall–Kier alpha value is -3.17. The van der Waals surface area contributed by atoms with Gasteiger partial charge >= 0.3 is 0 Å². The van der Waals surface area contributed by atoms with Crippen molar-refractivity contribution in [2.24, 2.45) is 0 Å². The van der Waals surface area contributed by atoms with Crippen LogP contribution in [0.15, 0.2) is 97.1 Å². The minimum Gasteiger partial charge on any atom is -0.370 e. The summed E-state index contributed by atoms with van der Waals surface area (Å²) in [7, 11) is 0. The van der Waals surface area contributed by atoms with Gasteiger partial charge in [0, 0.05) is 24.4 Å². The van der Waals surface area contributed by atoms with Gasteiger partial charge in [0.05, 0.1) is 5.52 Å². The van der Waals surface area contributed by atoms with E-state index in [1.807, 2.05) is 12.1 Å². The van der Waals surface area contributed by atoms with Crippen LogP contribution in [-0.4, -0.2) is 24.6 Å². The van der Waals surface area contributed by atoms with Crippen LogP contribution < -0.4 is 10.6 Å². The molecule has 4 rings (SSSR count). The fourth-order valence-corrected chi connectivity index (χ4v) is 3.64. The molecular formula is C26H27N3. The van der Waals surface area contributed by atoms with Gasteiger partial charge in [-0.2, -0.15) is 0 Å². The van der Waals surface area contributed by atoms with Crippen molar-refractivity contribution in [3.63, 3.8) is 0 Å². The lowest BCUT2D eigenvalue weighted by Crippen LogP contribution is -2.24. The third-order valence-electron chi connectivity index (χ3n) is 5.19. The van der Waals surface area contributed by atoms with Crippen molar-refractivity contribution in [1.29, 1.82) is 0 Å². The van der Waals surface area contributed by atoms with Crippen LogP contribution in [0.25, 0.3) is 10.9 Å². The summed E-state index contributed by atoms with van der Waals surface area (Å²) in [4.78, 5) is 4.67. The summed E-state index contributed by atoms with van der Waals surface area (Å²) in [6.45, 7) is 2.80. The van der Waals surface area contributed by atoms with E-state index in [2.05, 4.69) is 101 Å². The monoisotopic (exact) mass is 381 g/mol. The van der Waals surface area contributed by atoms with E-state index >= 15 is 0 Å². The standard InChI is InChI=1S/C26H27N3/c1-3-10-21(11-4-1)24(22-12-5-2-6-13-22)20-27-18-9-19-28-26-17-16-23-14-7-8-15-25(23)29-26/h1-8,10-17,24,27H,9,18-20H2,(H,28,29). The molecule has 0 aliphatic heterocycles. The van der Waals surface area contributed by atoms with E-state index < -0.39 is 0 Å². The molecule has 0 fully saturated rings. The van der Waals surface area contributed by atoms with Crippen LogP contribution in [0.3, 0.4) is 0 Å². The van der Waals surface area contributed by atoms with Gasteiger partial charge < -0.3 is 10.6 Å². The van der Waals surface area contributed by atoms with Gasteiger partial charge in [-0.3, -0.25) is 0 Å². The summed E-state index contributed by atoms with van der Waals surface area (Å²) in [6, 6.07) is 33.9. The SMILES string of the molecule is c1ccc(C(CNCCCNc2ccc3ccccc3n2)c2ccccc2)cc1. The fraction of sp³-hybridized carbons (Fsp3) is 0.192. The third-order valence-corrected chi connectivity index (χ3v) is 5.19. The van der Waals surface area contributed by atoms with E-state index in [4.69, 9.17) is 0 Å². The number of para-hydroxylation sites is 1. The highest BCUT2D eigenvalue weighted by molar-refractivity contribution is 5.80. The Kier molecular flexibility index (Phi) is 6.51. The number of anilines is 1. The number of hydrogen-bond acceptors (Lipinski definition) is 3. The molecule has 1 heterocycles. The Morgan fingerprint density at radius 2 is 1.31 bits per heavy atom. The Balaban J connectivity index is 1.27. The zero-order chi connectivity index (χ0) is 19.7. The first-order valence-electron chi connectivity index (χ1n) is 10.3. The Labute approximate surface area is 172 Å². The maximum atomic E-state index is 4.67. The summed E-state index contributed by atoms with van der Waals surface area (Å²) >= 11 is 0. The number of aromatic nitrogens is 1. The lowest BCUT2D eigenvalue weighted by atomic mass is 9.91. The number of pyridine rings is 1. The van der Waals surface area contributed by atoms with Crippen molar-refractivity contribution in [1.82, 2.24) is 10.3 Å². The highest BCUT2D eigenvalue weighted by Crippen LogP contribution is 2.23. The van der Waals surface area contributed by atoms with Crippen molar-refractivity contribution in [2.45, 2.75) is 12.3 Å². The largest absolute Gasteiger partial charge is 0.370 e. The van der Waals surface area contributed by atoms with E-state index in [0.717, 1.165) is 37.4 Å². The predicted molar refractivity (Wildman–Crippen MR) is 122 cm³/mol. The second-order valence-corrected chi connectivity index (χ2v) is 7.25. The van der Waals surface area contributed by atoms with Crippen LogP contribution in [0, 0.1) is 0 Å². The van der Waals surface area contributed by atoms with E-state index in [9.17, 15) is 0 Å². The summed E-state index contributed by atoms with van der Waals surface area (Å²) in [6.07, 6.45) is 1.05. The maximum Gasteiger partial charge on any atom is 0.126 e. The van der Waals surface area contributed by atoms with Crippen molar-refractivity contribution in [3.8, 4) is 0 Å². The van der Waals surface area contributed by atoms with Gasteiger partial charge in [-0.15, -0.1) is 0 Å². The normalized spacial score (nSPS) is 11.1. The number of benzene rings is 3. The van der Waals surface area contributed by atoms with Crippen LogP contribution in [0.2, 0.25) is 0 Å². The first-order chi connectivity index (χ1) is 14.4. The molecule has 3 heteroatoms. The molecule has 0 aliphatic carbocycles. The minimum atomic E-state index is 0.368. The van der Waals surface area contributed by atoms with Gasteiger partial charge in [0.2, 0.25) is 0 Å². The average molecular weight is 382 g/mol. The van der Waals surface area contributed by atoms with Crippen LogP contribution in [0.4, 0.5) is 5.82 Å². The van der Waals surface area contributed by atoms with Crippen molar-refractivity contribution >= 4 is 16.7 Å². The maximum absolute atomic E-state index is 4.67. The predicted octanol–water partition coefficient (Wildman–Crippen LogP) is 5.46. The smallest absolute Gasteiger partial charge is 0.126 e. The highest BCUT2D eigenvalue weighted by Gasteiger charge is 2.12. The molecule has 3 aromatic carbocycles. The molecule has 0 saturated heterocycles. The van der Waals surface area contributed by atoms with Gasteiger partial charge in [-0.25, -0.2) is 4.98 Å². The van der Waals surface area contributed by atoms with E-state index in [1.54, 1.807) is 0 Å². The van der Waals surface area contributed by atoms with Crippen LogP contribution >= 0.6 is 0 Å². The molecule has 146 valence electrons. The summed E-state index contributed by atoms with van der Waals surface area (Å²) < 4.78 is 0. The highest BCUT2D eigenvalue weighted by atomic mass is 15.0. The third kappa shape index (κ3) is 5.21. The molecule has 0 atom stereocenters. The van der Waals surface area contributed by atoms with E-state index in [-0.39, 0.29) is 0 Å². The molecule has 0 radical (unpaired) electrons. The number of fused-ring (bicyclic) bond motifs is 1. The van der Waals surface area contributed by atoms with Gasteiger partial charge in [0.25, 0.3) is 0 Å². The van der Waals surface area contributed by atoms with Crippen molar-refractivity contribution < 1.29 is 0 Å². The molecule has 0 aliphatic rings. The second kappa shape index (κ2) is 9.85. The van der Waals surface area contributed by atoms with Gasteiger partial charge in [0.15, 0.2) is 0 Å². The fourth-order valence-electron chi connectivity index (χ4n) is 3.64. The van der Waals surface area contributed by atoms with E-state index in [0.29, 0.717) is 5.92 Å². The molecule has 4 aromatic rings. The van der Waals surface area contributed by atoms with Crippen LogP contribution in [0.1, 0.15) is 23.5 Å². The van der Waals surface area contributed by atoms with Gasteiger partial charge in [-0.05, 0) is 42.3 Å². The first kappa shape index (κ1) is 19.2. The zero-order valence-corrected chi connectivity index (χ0v) is 16.6. The van der Waals surface area contributed by atoms with Gasteiger partial charge in [0.1, 0.15) is 5.82 Å². The average Bonchev–Trinajstić information content (AvgIpc) is 2.79. The molecule has 2 N–H and O–H groups in total. The Morgan fingerprint density at radius 1 is 0.655 bits per heavy atom. The molecule has 0 spiro atoms. The quantitative estimate of drug-likeness (QED) is 0.378. The van der Waals surface area contributed by atoms with Gasteiger partial charge in [-0.1, -0.05) is 78.9 Å². The number of nitrogens with zero attached hydrogens (tertiary/aromatic N) is 1. The van der Waals surface area contributed by atoms with Crippen LogP contribution in [0.5, 0.6) is 0 Å². The number of hydrogen-bond donors (Lipinski definition) is 2. The molecule has 3 nitrogen and oxygen atoms in total. The molecule has 0 saturated carbocycles.